The standard InChI is InChI=1S/C40H58O11/c1-19-11-25-5-7-29-20(2)12-27(44-29)9-10-40-17-34-36(50-40)37-38(49-34)39(51-40)35-30(48-37)8-6-26(46-35)13-23(42)14-28-22(4)31(15-24(43)18-41)47-33(28)16-32(45-25)21(19)3/h19,22,24-39,41,43H,2-3,5-18H2,1,4H3/t19-,22-,24+,25+,26?,27+,28-,29?,30+,31-,32?,33+,34-,35+,36?,37+,38-,39+,40?/m1/s1. The van der Waals surface area contributed by atoms with Gasteiger partial charge in [-0.05, 0) is 73.8 Å². The van der Waals surface area contributed by atoms with E-state index in [1.54, 1.807) is 0 Å². The van der Waals surface area contributed by atoms with Gasteiger partial charge in [0, 0.05) is 38.5 Å². The van der Waals surface area contributed by atoms with Gasteiger partial charge in [-0.15, -0.1) is 0 Å². The highest BCUT2D eigenvalue weighted by Crippen LogP contribution is 2.54. The van der Waals surface area contributed by atoms with Crippen molar-refractivity contribution >= 4 is 5.78 Å². The van der Waals surface area contributed by atoms with Crippen molar-refractivity contribution in [2.75, 3.05) is 6.61 Å². The first kappa shape index (κ1) is 35.5. The second-order valence-electron chi connectivity index (χ2n) is 17.5. The van der Waals surface area contributed by atoms with E-state index >= 15 is 0 Å². The Morgan fingerprint density at radius 1 is 0.745 bits per heavy atom. The highest BCUT2D eigenvalue weighted by atomic mass is 16.8. The molecule has 0 aromatic rings. The van der Waals surface area contributed by atoms with Crippen molar-refractivity contribution < 1.29 is 52.9 Å². The van der Waals surface area contributed by atoms with Crippen molar-refractivity contribution in [3.63, 3.8) is 0 Å². The van der Waals surface area contributed by atoms with Crippen LogP contribution in [0.4, 0.5) is 0 Å². The zero-order valence-electron chi connectivity index (χ0n) is 30.3. The molecule has 0 saturated carbocycles. The molecule has 0 radical (unpaired) electrons. The molecular weight excluding hydrogens is 656 g/mol. The molecule has 1 spiro atoms. The Morgan fingerprint density at radius 3 is 2.33 bits per heavy atom. The number of ketones is 1. The van der Waals surface area contributed by atoms with Crippen molar-refractivity contribution in [1.82, 2.24) is 0 Å². The number of fused-ring (bicyclic) bond motifs is 6. The van der Waals surface area contributed by atoms with Gasteiger partial charge in [-0.25, -0.2) is 0 Å². The van der Waals surface area contributed by atoms with E-state index in [1.165, 1.54) is 0 Å². The second kappa shape index (κ2) is 13.8. The topological polar surface area (TPSA) is 131 Å². The molecule has 11 heteroatoms. The summed E-state index contributed by atoms with van der Waals surface area (Å²) >= 11 is 0. The SMILES string of the molecule is C=C1C[C@@H]2CCC34C[C@H]5O[C@H]6[C@@H](O3)[C@H]3OC(CC[C@@H]3O[C@H]6C5O4)CC(=O)C[C@@H]3[C@@H](C)[C@@H](C[C@H](O)CO)O[C@H]3CC3O[C@@H](CCC1O2)C[C@@H](C)C3=C. The lowest BCUT2D eigenvalue weighted by Gasteiger charge is -2.47. The monoisotopic (exact) mass is 714 g/mol. The Hall–Kier alpha value is -1.25. The minimum atomic E-state index is -0.872. The molecule has 12 bridgehead atoms. The van der Waals surface area contributed by atoms with Gasteiger partial charge in [-0.2, -0.15) is 0 Å². The van der Waals surface area contributed by atoms with Crippen LogP contribution in [0.2, 0.25) is 0 Å². The van der Waals surface area contributed by atoms with Gasteiger partial charge in [-0.1, -0.05) is 27.0 Å². The maximum absolute atomic E-state index is 14.0. The molecule has 19 atom stereocenters. The van der Waals surface area contributed by atoms with E-state index in [0.29, 0.717) is 44.4 Å². The zero-order chi connectivity index (χ0) is 35.2. The van der Waals surface area contributed by atoms with Crippen molar-refractivity contribution in [1.29, 1.82) is 0 Å². The third kappa shape index (κ3) is 6.53. The molecule has 2 N–H and O–H groups in total. The lowest BCUT2D eigenvalue weighted by Crippen LogP contribution is -2.61. The Balaban J connectivity index is 0.986. The van der Waals surface area contributed by atoms with Gasteiger partial charge >= 0.3 is 0 Å². The number of rotatable bonds is 3. The number of Topliss-reactive ketones (excluding diaryl/α,β-unsaturated/α-hetero) is 1. The maximum Gasteiger partial charge on any atom is 0.172 e. The summed E-state index contributed by atoms with van der Waals surface area (Å²) < 4.78 is 53.9. The maximum atomic E-state index is 14.0. The first-order valence-corrected chi connectivity index (χ1v) is 20.0. The number of aliphatic hydroxyl groups is 2. The molecule has 0 amide bonds. The van der Waals surface area contributed by atoms with Crippen LogP contribution < -0.4 is 0 Å². The Morgan fingerprint density at radius 2 is 1.49 bits per heavy atom. The summed E-state index contributed by atoms with van der Waals surface area (Å²) in [4.78, 5) is 14.0. The normalized spacial score (nSPS) is 53.2. The molecule has 10 aliphatic rings. The van der Waals surface area contributed by atoms with Crippen LogP contribution in [0.15, 0.2) is 24.3 Å². The molecule has 11 nitrogen and oxygen atoms in total. The average Bonchev–Trinajstić information content (AvgIpc) is 3.77. The van der Waals surface area contributed by atoms with Crippen LogP contribution in [-0.4, -0.2) is 120 Å². The summed E-state index contributed by atoms with van der Waals surface area (Å²) in [6.07, 6.45) is 5.65. The molecule has 10 aliphatic heterocycles. The Labute approximate surface area is 301 Å². The van der Waals surface area contributed by atoms with Crippen LogP contribution in [0, 0.1) is 17.8 Å². The fourth-order valence-electron chi connectivity index (χ4n) is 11.3. The minimum absolute atomic E-state index is 0.00894. The number of hydrogen-bond acceptors (Lipinski definition) is 11. The van der Waals surface area contributed by atoms with Crippen molar-refractivity contribution in [2.45, 2.75) is 195 Å². The first-order valence-electron chi connectivity index (χ1n) is 20.0. The Kier molecular flexibility index (Phi) is 9.59. The molecule has 10 fully saturated rings. The Bertz CT molecular complexity index is 1360. The predicted octanol–water partition coefficient (Wildman–Crippen LogP) is 4.09. The van der Waals surface area contributed by atoms with Gasteiger partial charge in [0.05, 0.1) is 67.6 Å². The van der Waals surface area contributed by atoms with Crippen LogP contribution in [0.1, 0.15) is 97.3 Å². The largest absolute Gasteiger partial charge is 0.394 e. The quantitative estimate of drug-likeness (QED) is 0.410. The molecular formula is C40H58O11. The minimum Gasteiger partial charge on any atom is -0.394 e. The molecule has 0 aliphatic carbocycles. The van der Waals surface area contributed by atoms with E-state index in [4.69, 9.17) is 37.9 Å². The molecule has 0 aromatic heterocycles. The third-order valence-electron chi connectivity index (χ3n) is 14.1. The summed E-state index contributed by atoms with van der Waals surface area (Å²) in [5, 5.41) is 20.0. The van der Waals surface area contributed by atoms with E-state index < -0.39 is 11.9 Å². The summed E-state index contributed by atoms with van der Waals surface area (Å²) in [6, 6.07) is 0. The number of aliphatic hydroxyl groups excluding tert-OH is 2. The highest BCUT2D eigenvalue weighted by Gasteiger charge is 2.68. The second-order valence-corrected chi connectivity index (χ2v) is 17.5. The summed E-state index contributed by atoms with van der Waals surface area (Å²) in [5.41, 5.74) is 2.22. The van der Waals surface area contributed by atoms with Crippen LogP contribution in [0.5, 0.6) is 0 Å². The van der Waals surface area contributed by atoms with Gasteiger partial charge in [0.2, 0.25) is 0 Å². The van der Waals surface area contributed by atoms with Gasteiger partial charge < -0.3 is 48.1 Å². The molecule has 284 valence electrons. The van der Waals surface area contributed by atoms with E-state index in [-0.39, 0.29) is 110 Å². The first-order chi connectivity index (χ1) is 24.6. The smallest absolute Gasteiger partial charge is 0.172 e. The van der Waals surface area contributed by atoms with Crippen molar-refractivity contribution in [3.8, 4) is 0 Å². The molecule has 0 aromatic carbocycles. The lowest BCUT2D eigenvalue weighted by atomic mass is 9.79. The van der Waals surface area contributed by atoms with E-state index in [2.05, 4.69) is 27.0 Å². The number of carbonyl (C=O) groups excluding carboxylic acids is 1. The van der Waals surface area contributed by atoms with Crippen LogP contribution in [0.25, 0.3) is 0 Å². The van der Waals surface area contributed by atoms with E-state index in [0.717, 1.165) is 56.1 Å². The van der Waals surface area contributed by atoms with E-state index in [1.807, 2.05) is 0 Å². The summed E-state index contributed by atoms with van der Waals surface area (Å²) in [5.74, 6) is -0.367. The van der Waals surface area contributed by atoms with Gasteiger partial charge in [-0.3, -0.25) is 4.79 Å². The summed E-state index contributed by atoms with van der Waals surface area (Å²) in [6.45, 7) is 12.9. The number of carbonyl (C=O) groups is 1. The average molecular weight is 715 g/mol. The molecule has 10 heterocycles. The zero-order valence-corrected chi connectivity index (χ0v) is 30.3. The number of hydrogen-bond donors (Lipinski definition) is 2. The fraction of sp³-hybridized carbons (Fsp3) is 0.875. The fourth-order valence-corrected chi connectivity index (χ4v) is 11.3. The summed E-state index contributed by atoms with van der Waals surface area (Å²) in [7, 11) is 0. The van der Waals surface area contributed by atoms with Crippen molar-refractivity contribution in [3.05, 3.63) is 24.3 Å². The van der Waals surface area contributed by atoms with Crippen LogP contribution in [-0.2, 0) is 42.7 Å². The number of ether oxygens (including phenoxy) is 8. The predicted molar refractivity (Wildman–Crippen MR) is 183 cm³/mol. The molecule has 10 rings (SSSR count). The highest BCUT2D eigenvalue weighted by molar-refractivity contribution is 5.79. The molecule has 10 saturated heterocycles. The molecule has 5 unspecified atom stereocenters. The molecule has 51 heavy (non-hydrogen) atoms. The van der Waals surface area contributed by atoms with Gasteiger partial charge in [0.25, 0.3) is 0 Å². The van der Waals surface area contributed by atoms with Crippen molar-refractivity contribution in [2.24, 2.45) is 17.8 Å². The van der Waals surface area contributed by atoms with Gasteiger partial charge in [0.15, 0.2) is 5.79 Å². The van der Waals surface area contributed by atoms with Gasteiger partial charge in [0.1, 0.15) is 36.3 Å². The third-order valence-corrected chi connectivity index (χ3v) is 14.1. The van der Waals surface area contributed by atoms with Crippen LogP contribution in [0.3, 0.4) is 0 Å². The van der Waals surface area contributed by atoms with E-state index in [9.17, 15) is 15.0 Å². The lowest BCUT2D eigenvalue weighted by molar-refractivity contribution is -0.292. The van der Waals surface area contributed by atoms with Crippen LogP contribution >= 0.6 is 0 Å².